The minimum Gasteiger partial charge on any atom is -0.324 e. The molecule has 0 spiro atoms. The average Bonchev–Trinajstić information content (AvgIpc) is 2.82. The summed E-state index contributed by atoms with van der Waals surface area (Å²) >= 11 is 3.58. The maximum Gasteiger partial charge on any atom is 0.0295 e. The lowest BCUT2D eigenvalue weighted by Gasteiger charge is -2.15. The molecule has 0 amide bonds. The molecule has 0 saturated heterocycles. The van der Waals surface area contributed by atoms with Crippen LogP contribution in [0.1, 0.15) is 55.7 Å². The Morgan fingerprint density at radius 1 is 1.35 bits per heavy atom. The van der Waals surface area contributed by atoms with E-state index in [1.165, 1.54) is 47.7 Å². The zero-order valence-electron chi connectivity index (χ0n) is 10.6. The van der Waals surface area contributed by atoms with E-state index in [4.69, 9.17) is 5.73 Å². The molecule has 1 atom stereocenters. The summed E-state index contributed by atoms with van der Waals surface area (Å²) in [5.41, 5.74) is 8.81. The summed E-state index contributed by atoms with van der Waals surface area (Å²) in [4.78, 5) is 0. The Bertz CT molecular complexity index is 369. The van der Waals surface area contributed by atoms with Crippen molar-refractivity contribution in [3.8, 4) is 0 Å². The van der Waals surface area contributed by atoms with Crippen molar-refractivity contribution in [3.05, 3.63) is 33.8 Å². The summed E-state index contributed by atoms with van der Waals surface area (Å²) in [6, 6.07) is 6.69. The van der Waals surface area contributed by atoms with Crippen molar-refractivity contribution in [1.82, 2.24) is 0 Å². The Hall–Kier alpha value is -0.340. The minimum atomic E-state index is 0.201. The third kappa shape index (κ3) is 3.56. The number of rotatable bonds is 4. The van der Waals surface area contributed by atoms with Crippen molar-refractivity contribution in [3.63, 3.8) is 0 Å². The Labute approximate surface area is 113 Å². The van der Waals surface area contributed by atoms with Crippen LogP contribution in [0.2, 0.25) is 0 Å². The van der Waals surface area contributed by atoms with E-state index in [9.17, 15) is 0 Å². The van der Waals surface area contributed by atoms with Crippen molar-refractivity contribution >= 4 is 15.9 Å². The van der Waals surface area contributed by atoms with Crippen molar-refractivity contribution in [1.29, 1.82) is 0 Å². The molecule has 1 saturated carbocycles. The first-order chi connectivity index (χ1) is 8.16. The molecule has 1 fully saturated rings. The van der Waals surface area contributed by atoms with Crippen LogP contribution in [-0.4, -0.2) is 0 Å². The second kappa shape index (κ2) is 6.01. The maximum absolute atomic E-state index is 6.27. The molecule has 0 aromatic heterocycles. The highest BCUT2D eigenvalue weighted by atomic mass is 79.9. The number of halogens is 1. The van der Waals surface area contributed by atoms with Crippen LogP contribution in [-0.2, 0) is 0 Å². The van der Waals surface area contributed by atoms with E-state index in [1.807, 2.05) is 0 Å². The fourth-order valence-corrected chi connectivity index (χ4v) is 3.12. The largest absolute Gasteiger partial charge is 0.324 e. The van der Waals surface area contributed by atoms with Gasteiger partial charge in [-0.2, -0.15) is 0 Å². The summed E-state index contributed by atoms with van der Waals surface area (Å²) in [6.07, 6.45) is 8.12. The Morgan fingerprint density at radius 2 is 2.06 bits per heavy atom. The summed E-state index contributed by atoms with van der Waals surface area (Å²) < 4.78 is 1.17. The fourth-order valence-electron chi connectivity index (χ4n) is 2.72. The van der Waals surface area contributed by atoms with E-state index in [2.05, 4.69) is 41.1 Å². The lowest BCUT2D eigenvalue weighted by Crippen LogP contribution is -2.11. The van der Waals surface area contributed by atoms with Crippen LogP contribution in [0.25, 0.3) is 0 Å². The van der Waals surface area contributed by atoms with Gasteiger partial charge in [-0.15, -0.1) is 0 Å². The van der Waals surface area contributed by atoms with E-state index >= 15 is 0 Å². The molecule has 2 rings (SSSR count). The quantitative estimate of drug-likeness (QED) is 0.854. The van der Waals surface area contributed by atoms with Crippen molar-refractivity contribution < 1.29 is 0 Å². The van der Waals surface area contributed by atoms with Crippen molar-refractivity contribution in [2.75, 3.05) is 0 Å². The standard InChI is InChI=1S/C15H22BrN/c1-11-6-8-13(10-14(11)16)15(17)9-7-12-4-2-3-5-12/h6,8,10,12,15H,2-5,7,9,17H2,1H3. The van der Waals surface area contributed by atoms with Gasteiger partial charge in [0.15, 0.2) is 0 Å². The molecule has 1 aliphatic rings. The molecule has 2 N–H and O–H groups in total. The van der Waals surface area contributed by atoms with Gasteiger partial charge in [0, 0.05) is 10.5 Å². The van der Waals surface area contributed by atoms with Gasteiger partial charge in [-0.25, -0.2) is 0 Å². The fraction of sp³-hybridized carbons (Fsp3) is 0.600. The smallest absolute Gasteiger partial charge is 0.0295 e. The van der Waals surface area contributed by atoms with Crippen LogP contribution in [0.15, 0.2) is 22.7 Å². The molecule has 94 valence electrons. The van der Waals surface area contributed by atoms with Gasteiger partial charge >= 0.3 is 0 Å². The van der Waals surface area contributed by atoms with E-state index in [0.717, 1.165) is 12.3 Å². The molecule has 0 bridgehead atoms. The maximum atomic E-state index is 6.27. The topological polar surface area (TPSA) is 26.0 Å². The zero-order chi connectivity index (χ0) is 12.3. The molecular formula is C15H22BrN. The molecule has 1 aliphatic carbocycles. The molecule has 0 aliphatic heterocycles. The van der Waals surface area contributed by atoms with E-state index < -0.39 is 0 Å². The lowest BCUT2D eigenvalue weighted by atomic mass is 9.95. The van der Waals surface area contributed by atoms with E-state index in [1.54, 1.807) is 0 Å². The first-order valence-corrected chi connectivity index (χ1v) is 7.48. The first-order valence-electron chi connectivity index (χ1n) is 6.68. The van der Waals surface area contributed by atoms with E-state index in [0.29, 0.717) is 0 Å². The van der Waals surface area contributed by atoms with Gasteiger partial charge in [0.05, 0.1) is 0 Å². The minimum absolute atomic E-state index is 0.201. The molecule has 1 unspecified atom stereocenters. The number of nitrogens with two attached hydrogens (primary N) is 1. The molecule has 1 nitrogen and oxygen atoms in total. The zero-order valence-corrected chi connectivity index (χ0v) is 12.2. The highest BCUT2D eigenvalue weighted by Gasteiger charge is 2.16. The first kappa shape index (κ1) is 13.1. The predicted molar refractivity (Wildman–Crippen MR) is 77.0 cm³/mol. The van der Waals surface area contributed by atoms with Crippen LogP contribution in [0.3, 0.4) is 0 Å². The summed E-state index contributed by atoms with van der Waals surface area (Å²) in [7, 11) is 0. The van der Waals surface area contributed by atoms with Gasteiger partial charge in [-0.3, -0.25) is 0 Å². The second-order valence-corrected chi connectivity index (χ2v) is 6.20. The van der Waals surface area contributed by atoms with Gasteiger partial charge in [0.2, 0.25) is 0 Å². The van der Waals surface area contributed by atoms with Crippen molar-refractivity contribution in [2.24, 2.45) is 11.7 Å². The highest BCUT2D eigenvalue weighted by Crippen LogP contribution is 2.31. The Kier molecular flexibility index (Phi) is 4.63. The van der Waals surface area contributed by atoms with Gasteiger partial charge in [0.25, 0.3) is 0 Å². The molecular weight excluding hydrogens is 274 g/mol. The Balaban J connectivity index is 1.89. The van der Waals surface area contributed by atoms with Gasteiger partial charge in [0.1, 0.15) is 0 Å². The molecule has 0 radical (unpaired) electrons. The van der Waals surface area contributed by atoms with Gasteiger partial charge < -0.3 is 5.73 Å². The Morgan fingerprint density at radius 3 is 2.71 bits per heavy atom. The third-order valence-corrected chi connectivity index (χ3v) is 4.84. The van der Waals surface area contributed by atoms with Crippen LogP contribution >= 0.6 is 15.9 Å². The number of hydrogen-bond acceptors (Lipinski definition) is 1. The number of hydrogen-bond donors (Lipinski definition) is 1. The molecule has 1 aromatic rings. The SMILES string of the molecule is Cc1ccc(C(N)CCC2CCCC2)cc1Br. The normalized spacial score (nSPS) is 18.5. The van der Waals surface area contributed by atoms with Crippen LogP contribution in [0.5, 0.6) is 0 Å². The van der Waals surface area contributed by atoms with E-state index in [-0.39, 0.29) is 6.04 Å². The summed E-state index contributed by atoms with van der Waals surface area (Å²) in [6.45, 7) is 2.11. The van der Waals surface area contributed by atoms with Gasteiger partial charge in [-0.1, -0.05) is 53.7 Å². The van der Waals surface area contributed by atoms with Gasteiger partial charge in [-0.05, 0) is 42.9 Å². The van der Waals surface area contributed by atoms with Crippen LogP contribution in [0, 0.1) is 12.8 Å². The predicted octanol–water partition coefficient (Wildman–Crippen LogP) is 4.73. The van der Waals surface area contributed by atoms with Crippen LogP contribution in [0.4, 0.5) is 0 Å². The lowest BCUT2D eigenvalue weighted by molar-refractivity contribution is 0.454. The number of benzene rings is 1. The highest BCUT2D eigenvalue weighted by molar-refractivity contribution is 9.10. The average molecular weight is 296 g/mol. The monoisotopic (exact) mass is 295 g/mol. The molecule has 0 heterocycles. The van der Waals surface area contributed by atoms with Crippen molar-refractivity contribution in [2.45, 2.75) is 51.5 Å². The summed E-state index contributed by atoms with van der Waals surface area (Å²) in [5, 5.41) is 0. The number of aryl methyl sites for hydroxylation is 1. The molecule has 2 heteroatoms. The molecule has 17 heavy (non-hydrogen) atoms. The third-order valence-electron chi connectivity index (χ3n) is 3.98. The molecule has 1 aromatic carbocycles. The van der Waals surface area contributed by atoms with Crippen LogP contribution < -0.4 is 5.73 Å². The summed E-state index contributed by atoms with van der Waals surface area (Å²) in [5.74, 6) is 0.940. The second-order valence-electron chi connectivity index (χ2n) is 5.34.